The first-order valence-corrected chi connectivity index (χ1v) is 8.94. The number of imide groups is 1. The Kier molecular flexibility index (Phi) is 4.46. The molecule has 3 atom stereocenters. The summed E-state index contributed by atoms with van der Waals surface area (Å²) in [4.78, 5) is 44.1. The molecule has 4 N–H and O–H groups in total. The number of fused-ring (bicyclic) bond motifs is 3. The van der Waals surface area contributed by atoms with Crippen molar-refractivity contribution >= 4 is 23.5 Å². The molecule has 0 saturated carbocycles. The van der Waals surface area contributed by atoms with E-state index in [1.807, 2.05) is 35.8 Å². The van der Waals surface area contributed by atoms with E-state index in [0.29, 0.717) is 0 Å². The Balaban J connectivity index is 1.63. The molecule has 0 bridgehead atoms. The predicted molar refractivity (Wildman–Crippen MR) is 96.8 cm³/mol. The van der Waals surface area contributed by atoms with E-state index in [4.69, 9.17) is 5.84 Å². The Morgan fingerprint density at radius 2 is 2.00 bits per heavy atom. The quantitative estimate of drug-likeness (QED) is 0.341. The summed E-state index contributed by atoms with van der Waals surface area (Å²) in [6.45, 7) is 1.19. The van der Waals surface area contributed by atoms with Gasteiger partial charge in [0.2, 0.25) is 0 Å². The number of nitrogens with one attached hydrogen (secondary N) is 2. The maximum absolute atomic E-state index is 13.1. The summed E-state index contributed by atoms with van der Waals surface area (Å²) in [6, 6.07) is 8.92. The van der Waals surface area contributed by atoms with Crippen LogP contribution in [0.4, 0.5) is 10.5 Å². The highest BCUT2D eigenvalue weighted by atomic mass is 16.2. The lowest BCUT2D eigenvalue weighted by molar-refractivity contribution is -0.141. The minimum atomic E-state index is -0.587. The zero-order valence-electron chi connectivity index (χ0n) is 15.0. The van der Waals surface area contributed by atoms with Crippen molar-refractivity contribution in [3.63, 3.8) is 0 Å². The van der Waals surface area contributed by atoms with E-state index in [9.17, 15) is 14.4 Å². The molecule has 4 rings (SSSR count). The summed E-state index contributed by atoms with van der Waals surface area (Å²) in [6.07, 6.45) is 0.250. The first-order chi connectivity index (χ1) is 13.0. The number of urea groups is 1. The smallest absolute Gasteiger partial charge is 0.328 e. The number of amides is 4. The molecule has 4 amide bonds. The van der Waals surface area contributed by atoms with E-state index < -0.39 is 24.1 Å². The third-order valence-electron chi connectivity index (χ3n) is 5.42. The van der Waals surface area contributed by atoms with Crippen LogP contribution in [0.25, 0.3) is 0 Å². The second-order valence-corrected chi connectivity index (χ2v) is 6.94. The number of rotatable bonds is 3. The summed E-state index contributed by atoms with van der Waals surface area (Å²) >= 11 is 0. The van der Waals surface area contributed by atoms with Gasteiger partial charge in [-0.3, -0.25) is 30.1 Å². The predicted octanol–water partition coefficient (Wildman–Crippen LogP) is -1.34. The summed E-state index contributed by atoms with van der Waals surface area (Å²) < 4.78 is 0. The van der Waals surface area contributed by atoms with Gasteiger partial charge in [-0.15, -0.1) is 0 Å². The van der Waals surface area contributed by atoms with Gasteiger partial charge in [-0.25, -0.2) is 10.6 Å². The van der Waals surface area contributed by atoms with E-state index >= 15 is 0 Å². The first kappa shape index (κ1) is 17.7. The fourth-order valence-electron chi connectivity index (χ4n) is 4.14. The van der Waals surface area contributed by atoms with Gasteiger partial charge in [0.25, 0.3) is 11.8 Å². The summed E-state index contributed by atoms with van der Waals surface area (Å²) in [5, 5.41) is 3.43. The average Bonchev–Trinajstić information content (AvgIpc) is 3.10. The number of hydrogen-bond donors (Lipinski definition) is 3. The minimum absolute atomic E-state index is 0.196. The van der Waals surface area contributed by atoms with Gasteiger partial charge < -0.3 is 9.80 Å². The van der Waals surface area contributed by atoms with Crippen LogP contribution in [0.3, 0.4) is 0 Å². The molecular weight excluding hydrogens is 350 g/mol. The van der Waals surface area contributed by atoms with Gasteiger partial charge in [-0.2, -0.15) is 0 Å². The van der Waals surface area contributed by atoms with Crippen LogP contribution >= 0.6 is 0 Å². The number of hydrogen-bond acceptors (Lipinski definition) is 7. The van der Waals surface area contributed by atoms with Crippen LogP contribution < -0.4 is 21.5 Å². The van der Waals surface area contributed by atoms with Crippen molar-refractivity contribution < 1.29 is 14.4 Å². The normalized spacial score (nSPS) is 28.2. The number of hydrazine groups is 1. The molecule has 27 heavy (non-hydrogen) atoms. The van der Waals surface area contributed by atoms with Gasteiger partial charge in [-0.1, -0.05) is 18.2 Å². The topological polar surface area (TPSA) is 114 Å². The highest BCUT2D eigenvalue weighted by Crippen LogP contribution is 2.32. The third kappa shape index (κ3) is 2.82. The van der Waals surface area contributed by atoms with Crippen LogP contribution in [0, 0.1) is 0 Å². The lowest BCUT2D eigenvalue weighted by atomic mass is 10.1. The summed E-state index contributed by atoms with van der Waals surface area (Å²) in [5.41, 5.74) is 3.03. The number of nitrogens with zero attached hydrogens (tertiary/aromatic N) is 4. The molecule has 3 aliphatic heterocycles. The van der Waals surface area contributed by atoms with Crippen LogP contribution in [-0.2, 0) is 9.59 Å². The molecular formula is C17H23N7O3. The van der Waals surface area contributed by atoms with Crippen LogP contribution in [0.2, 0.25) is 0 Å². The largest absolute Gasteiger partial charge is 0.343 e. The first-order valence-electron chi connectivity index (χ1n) is 8.94. The van der Waals surface area contributed by atoms with Gasteiger partial charge in [0.1, 0.15) is 25.0 Å². The molecule has 3 fully saturated rings. The molecule has 3 unspecified atom stereocenters. The second kappa shape index (κ2) is 6.80. The fourth-order valence-corrected chi connectivity index (χ4v) is 4.14. The number of para-hydroxylation sites is 1. The number of benzene rings is 1. The van der Waals surface area contributed by atoms with E-state index in [1.165, 1.54) is 4.90 Å². The molecule has 10 nitrogen and oxygen atoms in total. The third-order valence-corrected chi connectivity index (χ3v) is 5.42. The van der Waals surface area contributed by atoms with Crippen molar-refractivity contribution in [1.29, 1.82) is 0 Å². The van der Waals surface area contributed by atoms with Gasteiger partial charge in [0.05, 0.1) is 0 Å². The Labute approximate surface area is 156 Å². The van der Waals surface area contributed by atoms with E-state index in [0.717, 1.165) is 30.1 Å². The second-order valence-electron chi connectivity index (χ2n) is 6.94. The zero-order chi connectivity index (χ0) is 19.1. The van der Waals surface area contributed by atoms with Crippen molar-refractivity contribution in [2.45, 2.75) is 24.9 Å². The lowest BCUT2D eigenvalue weighted by Crippen LogP contribution is -2.67. The maximum atomic E-state index is 13.1. The molecule has 0 radical (unpaired) electrons. The zero-order valence-corrected chi connectivity index (χ0v) is 15.0. The number of carbonyl (C=O) groups excluding carboxylic acids is 3. The number of anilines is 1. The van der Waals surface area contributed by atoms with Gasteiger partial charge in [-0.05, 0) is 18.6 Å². The van der Waals surface area contributed by atoms with Crippen molar-refractivity contribution in [3.05, 3.63) is 30.3 Å². The van der Waals surface area contributed by atoms with Crippen molar-refractivity contribution in [2.24, 2.45) is 5.84 Å². The Bertz CT molecular complexity index is 758. The highest BCUT2D eigenvalue weighted by Gasteiger charge is 2.56. The van der Waals surface area contributed by atoms with Crippen LogP contribution in [-0.4, -0.2) is 77.7 Å². The molecule has 1 aromatic carbocycles. The molecule has 0 aliphatic carbocycles. The lowest BCUT2D eigenvalue weighted by Gasteiger charge is -2.43. The van der Waals surface area contributed by atoms with Crippen LogP contribution in [0.15, 0.2) is 30.3 Å². The Morgan fingerprint density at radius 1 is 1.26 bits per heavy atom. The van der Waals surface area contributed by atoms with Crippen LogP contribution in [0.1, 0.15) is 6.42 Å². The van der Waals surface area contributed by atoms with Crippen molar-refractivity contribution in [3.8, 4) is 0 Å². The molecule has 3 saturated heterocycles. The van der Waals surface area contributed by atoms with E-state index in [1.54, 1.807) is 7.05 Å². The fraction of sp³-hybridized carbons (Fsp3) is 0.471. The maximum Gasteiger partial charge on any atom is 0.328 e. The Hall–Kier alpha value is -2.69. The molecule has 1 aromatic rings. The summed E-state index contributed by atoms with van der Waals surface area (Å²) in [7, 11) is 1.64. The van der Waals surface area contributed by atoms with Crippen molar-refractivity contribution in [2.75, 3.05) is 31.6 Å². The van der Waals surface area contributed by atoms with Gasteiger partial charge >= 0.3 is 6.03 Å². The SMILES string of the molecule is CN1C(=O)N(CC(=O)NN)C(=O)C2C1NC1N(c3ccccc3)CCCN21. The number of nitrogens with two attached hydrogens (primary N) is 1. The molecule has 3 heterocycles. The molecule has 0 aromatic heterocycles. The van der Waals surface area contributed by atoms with Crippen LogP contribution in [0.5, 0.6) is 0 Å². The monoisotopic (exact) mass is 373 g/mol. The minimum Gasteiger partial charge on any atom is -0.343 e. The highest BCUT2D eigenvalue weighted by molar-refractivity contribution is 6.03. The number of likely N-dealkylation sites (N-methyl/N-ethyl adjacent to an activating group) is 1. The van der Waals surface area contributed by atoms with Gasteiger partial charge in [0.15, 0.2) is 0 Å². The molecule has 144 valence electrons. The number of carbonyl (C=O) groups is 3. The molecule has 3 aliphatic rings. The average molecular weight is 373 g/mol. The van der Waals surface area contributed by atoms with Crippen molar-refractivity contribution in [1.82, 2.24) is 25.4 Å². The molecule has 10 heteroatoms. The van der Waals surface area contributed by atoms with E-state index in [2.05, 4.69) is 15.1 Å². The standard InChI is InChI=1S/C17H23N7O3/c1-21-14-13(15(26)24(17(21)27)10-12(25)20-18)23-9-5-8-22(16(23)19-14)11-6-3-2-4-7-11/h2-4,6-7,13-14,16,19H,5,8-10,18H2,1H3,(H,20,25). The Morgan fingerprint density at radius 3 is 2.70 bits per heavy atom. The molecule has 0 spiro atoms. The van der Waals surface area contributed by atoms with Gasteiger partial charge in [0, 0.05) is 25.8 Å². The summed E-state index contributed by atoms with van der Waals surface area (Å²) in [5.74, 6) is 4.15. The van der Waals surface area contributed by atoms with E-state index in [-0.39, 0.29) is 18.7 Å².